The number of amides is 1. The van der Waals surface area contributed by atoms with Gasteiger partial charge in [-0.3, -0.25) is 9.79 Å². The van der Waals surface area contributed by atoms with Gasteiger partial charge in [0.25, 0.3) is 0 Å². The van der Waals surface area contributed by atoms with Crippen molar-refractivity contribution in [2.24, 2.45) is 10.9 Å². The van der Waals surface area contributed by atoms with Gasteiger partial charge in [0.15, 0.2) is 0 Å². The number of hydrogen-bond acceptors (Lipinski definition) is 9. The van der Waals surface area contributed by atoms with Gasteiger partial charge in [0, 0.05) is 70.7 Å². The van der Waals surface area contributed by atoms with Crippen LogP contribution in [0.2, 0.25) is 0 Å². The van der Waals surface area contributed by atoms with E-state index in [-0.39, 0.29) is 5.91 Å². The number of furan rings is 1. The minimum Gasteiger partial charge on any atom is -0.461 e. The minimum absolute atomic E-state index is 0.0890. The molecule has 1 aliphatic heterocycles. The number of fused-ring (bicyclic) bond motifs is 1. The molecular formula is C39H54N6O5. The number of hydrogen-bond donors (Lipinski definition) is 2. The first-order chi connectivity index (χ1) is 24.6. The zero-order valence-electron chi connectivity index (χ0n) is 29.8. The van der Waals surface area contributed by atoms with Crippen molar-refractivity contribution in [1.29, 1.82) is 0 Å². The lowest BCUT2D eigenvalue weighted by Crippen LogP contribution is -2.38. The molecule has 0 aliphatic carbocycles. The molecule has 50 heavy (non-hydrogen) atoms. The summed E-state index contributed by atoms with van der Waals surface area (Å²) in [6.07, 6.45) is 6.42. The van der Waals surface area contributed by atoms with Gasteiger partial charge in [-0.15, -0.1) is 0 Å². The monoisotopic (exact) mass is 686 g/mol. The van der Waals surface area contributed by atoms with Gasteiger partial charge < -0.3 is 38.7 Å². The molecule has 3 heterocycles. The summed E-state index contributed by atoms with van der Waals surface area (Å²) in [5, 5.41) is 7.56. The van der Waals surface area contributed by atoms with Gasteiger partial charge in [-0.2, -0.15) is 4.98 Å². The van der Waals surface area contributed by atoms with E-state index in [1.165, 1.54) is 11.1 Å². The van der Waals surface area contributed by atoms with Gasteiger partial charge in [0.05, 0.1) is 39.6 Å². The number of carbonyl (C=O) groups excluding carboxylic acids is 1. The molecule has 0 spiro atoms. The number of carbonyl (C=O) groups is 1. The molecule has 0 bridgehead atoms. The Bertz CT molecular complexity index is 1650. The highest BCUT2D eigenvalue weighted by Gasteiger charge is 2.22. The van der Waals surface area contributed by atoms with Crippen LogP contribution < -0.4 is 21.2 Å². The van der Waals surface area contributed by atoms with E-state index in [2.05, 4.69) is 82.0 Å². The zero-order valence-corrected chi connectivity index (χ0v) is 29.8. The lowest BCUT2D eigenvalue weighted by molar-refractivity contribution is -0.122. The summed E-state index contributed by atoms with van der Waals surface area (Å²) < 4.78 is 25.0. The molecule has 0 atom stereocenters. The molecule has 4 aromatic rings. The summed E-state index contributed by atoms with van der Waals surface area (Å²) >= 11 is 0. The summed E-state index contributed by atoms with van der Waals surface area (Å²) in [6, 6.07) is 21.1. The highest BCUT2D eigenvalue weighted by Crippen LogP contribution is 2.24. The number of piperidine rings is 1. The van der Waals surface area contributed by atoms with E-state index in [4.69, 9.17) is 23.6 Å². The van der Waals surface area contributed by atoms with Gasteiger partial charge in [0.1, 0.15) is 17.2 Å². The van der Waals surface area contributed by atoms with E-state index >= 15 is 0 Å². The van der Waals surface area contributed by atoms with Crippen LogP contribution in [-0.4, -0.2) is 88.3 Å². The second-order valence-corrected chi connectivity index (χ2v) is 12.7. The number of nitrogens with zero attached hydrogens (tertiary/aromatic N) is 4. The molecule has 1 amide bonds. The largest absolute Gasteiger partial charge is 0.461 e. The van der Waals surface area contributed by atoms with Crippen LogP contribution >= 0.6 is 0 Å². The van der Waals surface area contributed by atoms with E-state index in [9.17, 15) is 4.79 Å². The molecule has 1 saturated heterocycles. The summed E-state index contributed by atoms with van der Waals surface area (Å²) in [5.41, 5.74) is 4.19. The van der Waals surface area contributed by atoms with Gasteiger partial charge in [-0.1, -0.05) is 42.5 Å². The van der Waals surface area contributed by atoms with Gasteiger partial charge >= 0.3 is 0 Å². The fourth-order valence-corrected chi connectivity index (χ4v) is 6.19. The Labute approximate surface area is 296 Å². The minimum atomic E-state index is 0.0890. The standard InChI is InChI=1S/C39H54N6O5/c1-3-44-20-15-37(43-39(44)40-2)45-18-13-32(14-19-45)28-38(46)42-17-22-48-24-26-49-25-23-47-21-16-41-30-33-9-11-34-29-35(50-36(34)27-33)12-10-31-7-5-4-6-8-31/h4-9,11,15,20,27,29,32,41H,3,10,12-14,16-19,21-26,28,30H2,1-2H3,(H,42,46). The molecule has 270 valence electrons. The van der Waals surface area contributed by atoms with Crippen LogP contribution in [0.4, 0.5) is 5.82 Å². The Balaban J connectivity index is 0.815. The predicted octanol–water partition coefficient (Wildman–Crippen LogP) is 4.53. The number of anilines is 1. The Morgan fingerprint density at radius 3 is 2.38 bits per heavy atom. The van der Waals surface area contributed by atoms with Crippen molar-refractivity contribution in [3.8, 4) is 0 Å². The summed E-state index contributed by atoms with van der Waals surface area (Å²) in [5.74, 6) is 2.46. The van der Waals surface area contributed by atoms with Crippen LogP contribution in [0.3, 0.4) is 0 Å². The normalized spacial score (nSPS) is 14.1. The van der Waals surface area contributed by atoms with Crippen molar-refractivity contribution in [1.82, 2.24) is 20.2 Å². The Morgan fingerprint density at radius 1 is 0.900 bits per heavy atom. The van der Waals surface area contributed by atoms with E-state index in [0.717, 1.165) is 86.6 Å². The van der Waals surface area contributed by atoms with Crippen molar-refractivity contribution in [3.05, 3.63) is 89.4 Å². The number of nitrogens with one attached hydrogen (secondary N) is 2. The maximum Gasteiger partial charge on any atom is 0.226 e. The van der Waals surface area contributed by atoms with Crippen molar-refractivity contribution < 1.29 is 23.4 Å². The van der Waals surface area contributed by atoms with E-state index in [1.54, 1.807) is 7.05 Å². The molecule has 1 fully saturated rings. The molecular weight excluding hydrogens is 632 g/mol. The summed E-state index contributed by atoms with van der Waals surface area (Å²) in [4.78, 5) is 23.7. The second-order valence-electron chi connectivity index (χ2n) is 12.7. The van der Waals surface area contributed by atoms with Gasteiger partial charge in [0.2, 0.25) is 11.5 Å². The lowest BCUT2D eigenvalue weighted by atomic mass is 9.93. The van der Waals surface area contributed by atoms with Crippen molar-refractivity contribution in [2.75, 3.05) is 77.8 Å². The van der Waals surface area contributed by atoms with Crippen molar-refractivity contribution >= 4 is 22.7 Å². The molecule has 5 rings (SSSR count). The number of rotatable bonds is 21. The predicted molar refractivity (Wildman–Crippen MR) is 196 cm³/mol. The van der Waals surface area contributed by atoms with Crippen molar-refractivity contribution in [3.63, 3.8) is 0 Å². The van der Waals surface area contributed by atoms with Crippen LogP contribution in [-0.2, 0) is 44.9 Å². The SMILES string of the molecule is CCn1ccc(N2CCC(CC(=O)NCCOCCOCCOCCNCc3ccc4cc(CCc5ccccc5)oc4c3)CC2)nc1=NC. The van der Waals surface area contributed by atoms with E-state index < -0.39 is 0 Å². The third kappa shape index (κ3) is 12.1. The molecule has 0 saturated carbocycles. The molecule has 11 nitrogen and oxygen atoms in total. The van der Waals surface area contributed by atoms with Crippen LogP contribution in [0.1, 0.15) is 43.1 Å². The number of ether oxygens (including phenoxy) is 3. The Kier molecular flexibility index (Phi) is 15.3. The first-order valence-electron chi connectivity index (χ1n) is 18.1. The lowest BCUT2D eigenvalue weighted by Gasteiger charge is -2.32. The summed E-state index contributed by atoms with van der Waals surface area (Å²) in [6.45, 7) is 9.89. The molecule has 11 heteroatoms. The summed E-state index contributed by atoms with van der Waals surface area (Å²) in [7, 11) is 1.77. The number of aromatic nitrogens is 2. The third-order valence-electron chi connectivity index (χ3n) is 9.03. The number of aryl methyl sites for hydroxylation is 3. The maximum atomic E-state index is 12.4. The maximum absolute atomic E-state index is 12.4. The molecule has 2 aromatic carbocycles. The first kappa shape index (κ1) is 37.2. The van der Waals surface area contributed by atoms with Crippen molar-refractivity contribution in [2.45, 2.75) is 52.1 Å². The molecule has 2 N–H and O–H groups in total. The topological polar surface area (TPSA) is 115 Å². The first-order valence-corrected chi connectivity index (χ1v) is 18.1. The van der Waals surface area contributed by atoms with Crippen LogP contribution in [0.25, 0.3) is 11.0 Å². The average Bonchev–Trinajstić information content (AvgIpc) is 3.57. The highest BCUT2D eigenvalue weighted by molar-refractivity contribution is 5.78. The smallest absolute Gasteiger partial charge is 0.226 e. The highest BCUT2D eigenvalue weighted by atomic mass is 16.5. The Morgan fingerprint density at radius 2 is 1.64 bits per heavy atom. The molecule has 2 aromatic heterocycles. The third-order valence-corrected chi connectivity index (χ3v) is 9.03. The van der Waals surface area contributed by atoms with E-state index in [0.29, 0.717) is 58.5 Å². The van der Waals surface area contributed by atoms with Gasteiger partial charge in [-0.25, -0.2) is 0 Å². The molecule has 0 radical (unpaired) electrons. The quantitative estimate of drug-likeness (QED) is 0.123. The number of benzene rings is 2. The molecule has 0 unspecified atom stereocenters. The fourth-order valence-electron chi connectivity index (χ4n) is 6.19. The Hall–Kier alpha value is -4.03. The second kappa shape index (κ2) is 20.6. The average molecular weight is 687 g/mol. The van der Waals surface area contributed by atoms with Crippen LogP contribution in [0, 0.1) is 5.92 Å². The van der Waals surface area contributed by atoms with Gasteiger partial charge in [-0.05, 0) is 61.4 Å². The fraction of sp³-hybridized carbons (Fsp3) is 0.513. The molecule has 1 aliphatic rings. The van der Waals surface area contributed by atoms with E-state index in [1.807, 2.05) is 16.8 Å². The van der Waals surface area contributed by atoms with Crippen LogP contribution in [0.15, 0.2) is 76.3 Å². The van der Waals surface area contributed by atoms with Crippen LogP contribution in [0.5, 0.6) is 0 Å². The zero-order chi connectivity index (χ0) is 34.8.